The molecule has 0 bridgehead atoms. The van der Waals surface area contributed by atoms with Gasteiger partial charge in [0.1, 0.15) is 25.0 Å². The molecular formula is C24H29N5O3. The van der Waals surface area contributed by atoms with Crippen LogP contribution in [0.25, 0.3) is 0 Å². The molecule has 0 aliphatic carbocycles. The fraction of sp³-hybridized carbons (Fsp3) is 0.375. The first-order valence-electron chi connectivity index (χ1n) is 10.9. The van der Waals surface area contributed by atoms with E-state index < -0.39 is 0 Å². The first-order chi connectivity index (χ1) is 15.5. The Bertz CT molecular complexity index is 997. The fourth-order valence-corrected chi connectivity index (χ4v) is 3.91. The van der Waals surface area contributed by atoms with Crippen LogP contribution in [0.15, 0.2) is 61.2 Å². The van der Waals surface area contributed by atoms with Gasteiger partial charge in [-0.2, -0.15) is 5.10 Å². The van der Waals surface area contributed by atoms with Gasteiger partial charge in [-0.3, -0.25) is 9.69 Å². The summed E-state index contributed by atoms with van der Waals surface area (Å²) in [5.41, 5.74) is 2.49. The second-order valence-electron chi connectivity index (χ2n) is 8.14. The first-order valence-corrected chi connectivity index (χ1v) is 10.9. The summed E-state index contributed by atoms with van der Waals surface area (Å²) >= 11 is 0. The normalized spacial score (nSPS) is 18.9. The van der Waals surface area contributed by atoms with Crippen molar-refractivity contribution in [2.45, 2.75) is 39.1 Å². The van der Waals surface area contributed by atoms with Crippen LogP contribution in [0.3, 0.4) is 0 Å². The monoisotopic (exact) mass is 435 g/mol. The van der Waals surface area contributed by atoms with Crippen LogP contribution in [0.1, 0.15) is 29.8 Å². The molecule has 1 amide bonds. The van der Waals surface area contributed by atoms with Crippen molar-refractivity contribution in [2.24, 2.45) is 0 Å². The highest BCUT2D eigenvalue weighted by Gasteiger charge is 2.22. The van der Waals surface area contributed by atoms with E-state index in [1.807, 2.05) is 48.5 Å². The maximum Gasteiger partial charge on any atom is 0.255 e. The van der Waals surface area contributed by atoms with E-state index in [4.69, 9.17) is 9.47 Å². The van der Waals surface area contributed by atoms with Crippen LogP contribution in [0.5, 0.6) is 5.75 Å². The van der Waals surface area contributed by atoms with Gasteiger partial charge in [0.05, 0.1) is 18.8 Å². The molecule has 0 radical (unpaired) electrons. The SMILES string of the molecule is CC1CN(Cc2ccc(C(=O)Nc3cccc(OCCn4cncn4)c3)cc2)CC(C)O1. The Morgan fingerprint density at radius 1 is 1.16 bits per heavy atom. The van der Waals surface area contributed by atoms with Crippen molar-refractivity contribution in [2.75, 3.05) is 25.0 Å². The maximum atomic E-state index is 12.7. The van der Waals surface area contributed by atoms with Gasteiger partial charge in [0.2, 0.25) is 0 Å². The van der Waals surface area contributed by atoms with Crippen LogP contribution in [-0.2, 0) is 17.8 Å². The lowest BCUT2D eigenvalue weighted by molar-refractivity contribution is -0.0704. The number of anilines is 1. The molecule has 32 heavy (non-hydrogen) atoms. The summed E-state index contributed by atoms with van der Waals surface area (Å²) in [6.07, 6.45) is 3.62. The van der Waals surface area contributed by atoms with Crippen molar-refractivity contribution >= 4 is 11.6 Å². The third-order valence-corrected chi connectivity index (χ3v) is 5.27. The van der Waals surface area contributed by atoms with E-state index in [-0.39, 0.29) is 18.1 Å². The van der Waals surface area contributed by atoms with Crippen LogP contribution in [0, 0.1) is 0 Å². The van der Waals surface area contributed by atoms with Gasteiger partial charge < -0.3 is 14.8 Å². The van der Waals surface area contributed by atoms with Gasteiger partial charge in [-0.15, -0.1) is 0 Å². The lowest BCUT2D eigenvalue weighted by Gasteiger charge is -2.35. The highest BCUT2D eigenvalue weighted by molar-refractivity contribution is 6.04. The Hall–Kier alpha value is -3.23. The number of ether oxygens (including phenoxy) is 2. The number of nitrogens with zero attached hydrogens (tertiary/aromatic N) is 4. The summed E-state index contributed by atoms with van der Waals surface area (Å²) in [5.74, 6) is 0.539. The van der Waals surface area contributed by atoms with Gasteiger partial charge in [-0.25, -0.2) is 9.67 Å². The average molecular weight is 436 g/mol. The van der Waals surface area contributed by atoms with Crippen molar-refractivity contribution in [1.82, 2.24) is 19.7 Å². The van der Waals surface area contributed by atoms with Gasteiger partial charge in [-0.05, 0) is 43.7 Å². The lowest BCUT2D eigenvalue weighted by Crippen LogP contribution is -2.44. The van der Waals surface area contributed by atoms with Crippen molar-refractivity contribution in [1.29, 1.82) is 0 Å². The van der Waals surface area contributed by atoms with Gasteiger partial charge in [0.25, 0.3) is 5.91 Å². The highest BCUT2D eigenvalue weighted by atomic mass is 16.5. The molecule has 1 aliphatic heterocycles. The first kappa shape index (κ1) is 22.0. The van der Waals surface area contributed by atoms with Crippen LogP contribution in [0.2, 0.25) is 0 Å². The van der Waals surface area contributed by atoms with Crippen molar-refractivity contribution in [3.05, 3.63) is 72.3 Å². The zero-order chi connectivity index (χ0) is 22.3. The second kappa shape index (κ2) is 10.4. The summed E-state index contributed by atoms with van der Waals surface area (Å²) in [6, 6.07) is 15.2. The van der Waals surface area contributed by atoms with Gasteiger partial charge in [0, 0.05) is 37.0 Å². The molecule has 1 saturated heterocycles. The number of morpholine rings is 1. The molecule has 0 spiro atoms. The van der Waals surface area contributed by atoms with Crippen LogP contribution >= 0.6 is 0 Å². The molecule has 2 aromatic carbocycles. The largest absolute Gasteiger partial charge is 0.492 e. The van der Waals surface area contributed by atoms with Crippen LogP contribution < -0.4 is 10.1 Å². The second-order valence-corrected chi connectivity index (χ2v) is 8.14. The van der Waals surface area contributed by atoms with E-state index in [0.717, 1.165) is 19.6 Å². The molecule has 1 fully saturated rings. The fourth-order valence-electron chi connectivity index (χ4n) is 3.91. The minimum absolute atomic E-state index is 0.148. The van der Waals surface area contributed by atoms with Crippen molar-refractivity contribution < 1.29 is 14.3 Å². The zero-order valence-electron chi connectivity index (χ0n) is 18.5. The summed E-state index contributed by atoms with van der Waals surface area (Å²) < 4.78 is 13.3. The molecule has 8 heteroatoms. The number of amides is 1. The number of hydrogen-bond donors (Lipinski definition) is 1. The Morgan fingerprint density at radius 3 is 2.66 bits per heavy atom. The molecule has 2 heterocycles. The Kier molecular flexibility index (Phi) is 7.14. The third-order valence-electron chi connectivity index (χ3n) is 5.27. The van der Waals surface area contributed by atoms with E-state index in [1.54, 1.807) is 11.0 Å². The van der Waals surface area contributed by atoms with E-state index in [2.05, 4.69) is 34.1 Å². The topological polar surface area (TPSA) is 81.5 Å². The quantitative estimate of drug-likeness (QED) is 0.585. The average Bonchev–Trinajstić information content (AvgIpc) is 3.27. The van der Waals surface area contributed by atoms with Crippen LogP contribution in [-0.4, -0.2) is 57.5 Å². The standard InChI is InChI=1S/C24H29N5O3/c1-18-13-28(14-19(2)32-18)15-20-6-8-21(9-7-20)24(30)27-22-4-3-5-23(12-22)31-11-10-29-17-25-16-26-29/h3-9,12,16-19H,10-11,13-15H2,1-2H3,(H,27,30). The molecule has 2 unspecified atom stereocenters. The van der Waals surface area contributed by atoms with Crippen molar-refractivity contribution in [3.8, 4) is 5.75 Å². The smallest absolute Gasteiger partial charge is 0.255 e. The number of nitrogens with one attached hydrogen (secondary N) is 1. The minimum Gasteiger partial charge on any atom is -0.492 e. The number of carbonyl (C=O) groups is 1. The van der Waals surface area contributed by atoms with E-state index in [9.17, 15) is 4.79 Å². The predicted octanol–water partition coefficient (Wildman–Crippen LogP) is 3.22. The molecule has 8 nitrogen and oxygen atoms in total. The van der Waals surface area contributed by atoms with Crippen LogP contribution in [0.4, 0.5) is 5.69 Å². The number of rotatable bonds is 8. The number of hydrogen-bond acceptors (Lipinski definition) is 6. The Morgan fingerprint density at radius 2 is 1.94 bits per heavy atom. The summed E-state index contributed by atoms with van der Waals surface area (Å²) in [5, 5.41) is 6.99. The molecule has 4 rings (SSSR count). The third kappa shape index (κ3) is 6.15. The van der Waals surface area contributed by atoms with Gasteiger partial charge >= 0.3 is 0 Å². The highest BCUT2D eigenvalue weighted by Crippen LogP contribution is 2.19. The van der Waals surface area contributed by atoms with Gasteiger partial charge in [-0.1, -0.05) is 18.2 Å². The number of benzene rings is 2. The Balaban J connectivity index is 1.29. The molecule has 1 N–H and O–H groups in total. The van der Waals surface area contributed by atoms with E-state index in [0.29, 0.717) is 30.2 Å². The van der Waals surface area contributed by atoms with E-state index in [1.165, 1.54) is 11.9 Å². The molecule has 3 aromatic rings. The zero-order valence-corrected chi connectivity index (χ0v) is 18.5. The summed E-state index contributed by atoms with van der Waals surface area (Å²) in [6.45, 7) is 7.97. The molecule has 2 atom stereocenters. The molecule has 1 aliphatic rings. The van der Waals surface area contributed by atoms with Gasteiger partial charge in [0.15, 0.2) is 0 Å². The number of aromatic nitrogens is 3. The van der Waals surface area contributed by atoms with E-state index >= 15 is 0 Å². The maximum absolute atomic E-state index is 12.7. The minimum atomic E-state index is -0.148. The molecule has 168 valence electrons. The summed E-state index contributed by atoms with van der Waals surface area (Å²) in [4.78, 5) is 19.0. The molecular weight excluding hydrogens is 406 g/mol. The molecule has 0 saturated carbocycles. The lowest BCUT2D eigenvalue weighted by atomic mass is 10.1. The predicted molar refractivity (Wildman–Crippen MR) is 122 cm³/mol. The van der Waals surface area contributed by atoms with Crippen molar-refractivity contribution in [3.63, 3.8) is 0 Å². The Labute approximate surface area is 188 Å². The summed E-state index contributed by atoms with van der Waals surface area (Å²) in [7, 11) is 0. The number of carbonyl (C=O) groups excluding carboxylic acids is 1. The molecule has 1 aromatic heterocycles.